The van der Waals surface area contributed by atoms with E-state index in [1.54, 1.807) is 16.0 Å². The number of thiophene rings is 1. The van der Waals surface area contributed by atoms with Crippen molar-refractivity contribution in [1.29, 1.82) is 0 Å². The van der Waals surface area contributed by atoms with Crippen molar-refractivity contribution in [3.63, 3.8) is 0 Å². The third kappa shape index (κ3) is 3.85. The Bertz CT molecular complexity index is 933. The van der Waals surface area contributed by atoms with E-state index in [2.05, 4.69) is 32.8 Å². The summed E-state index contributed by atoms with van der Waals surface area (Å²) in [7, 11) is 0. The van der Waals surface area contributed by atoms with E-state index in [0.717, 1.165) is 18.8 Å². The molecule has 4 rings (SSSR count). The molecule has 28 heavy (non-hydrogen) atoms. The summed E-state index contributed by atoms with van der Waals surface area (Å²) in [6, 6.07) is 14.0. The van der Waals surface area contributed by atoms with Crippen LogP contribution < -0.4 is 5.32 Å². The van der Waals surface area contributed by atoms with E-state index >= 15 is 0 Å². The van der Waals surface area contributed by atoms with Gasteiger partial charge in [0.1, 0.15) is 5.15 Å². The molecule has 1 aliphatic heterocycles. The summed E-state index contributed by atoms with van der Waals surface area (Å²) in [5.41, 5.74) is 1.90. The van der Waals surface area contributed by atoms with Crippen LogP contribution in [0.2, 0.25) is 5.15 Å². The number of halogens is 1. The van der Waals surface area contributed by atoms with Crippen LogP contribution in [0.4, 0.5) is 0 Å². The van der Waals surface area contributed by atoms with Gasteiger partial charge in [-0.25, -0.2) is 4.68 Å². The molecule has 146 valence electrons. The Kier molecular flexibility index (Phi) is 5.80. The molecule has 3 aromatic rings. The lowest BCUT2D eigenvalue weighted by molar-refractivity contribution is 0.0938. The summed E-state index contributed by atoms with van der Waals surface area (Å²) in [5.74, 6) is -0.176. The molecule has 1 aliphatic rings. The van der Waals surface area contributed by atoms with E-state index in [1.807, 2.05) is 37.3 Å². The largest absolute Gasteiger partial charge is 0.350 e. The SMILES string of the molecule is Cc1nn(-c2ccccc2)c(Cl)c1C(=O)NCC(c1cccs1)N1CCCC1. The van der Waals surface area contributed by atoms with Gasteiger partial charge in [-0.1, -0.05) is 35.9 Å². The Morgan fingerprint density at radius 2 is 1.96 bits per heavy atom. The molecule has 0 saturated carbocycles. The Balaban J connectivity index is 1.52. The van der Waals surface area contributed by atoms with Gasteiger partial charge in [0.2, 0.25) is 0 Å². The first-order valence-corrected chi connectivity index (χ1v) is 10.8. The van der Waals surface area contributed by atoms with Crippen molar-refractivity contribution >= 4 is 28.8 Å². The van der Waals surface area contributed by atoms with Crippen LogP contribution in [0.3, 0.4) is 0 Å². The molecule has 1 atom stereocenters. The predicted octanol–water partition coefficient (Wildman–Crippen LogP) is 4.46. The smallest absolute Gasteiger partial charge is 0.256 e. The molecule has 1 unspecified atom stereocenters. The van der Waals surface area contributed by atoms with E-state index in [4.69, 9.17) is 11.6 Å². The number of aryl methyl sites for hydroxylation is 1. The molecule has 0 spiro atoms. The maximum atomic E-state index is 13.0. The van der Waals surface area contributed by atoms with Gasteiger partial charge in [-0.05, 0) is 56.4 Å². The number of carbonyl (C=O) groups is 1. The van der Waals surface area contributed by atoms with Crippen LogP contribution in [0.15, 0.2) is 47.8 Å². The van der Waals surface area contributed by atoms with Gasteiger partial charge in [-0.3, -0.25) is 9.69 Å². The number of rotatable bonds is 6. The van der Waals surface area contributed by atoms with Gasteiger partial charge < -0.3 is 5.32 Å². The lowest BCUT2D eigenvalue weighted by Crippen LogP contribution is -2.36. The average molecular weight is 415 g/mol. The third-order valence-electron chi connectivity index (χ3n) is 5.14. The Hall–Kier alpha value is -2.15. The van der Waals surface area contributed by atoms with Gasteiger partial charge in [0.15, 0.2) is 0 Å². The minimum Gasteiger partial charge on any atom is -0.350 e. The fraction of sp³-hybridized carbons (Fsp3) is 0.333. The topological polar surface area (TPSA) is 50.2 Å². The number of nitrogens with one attached hydrogen (secondary N) is 1. The maximum absolute atomic E-state index is 13.0. The maximum Gasteiger partial charge on any atom is 0.256 e. The Morgan fingerprint density at radius 3 is 2.64 bits per heavy atom. The summed E-state index contributed by atoms with van der Waals surface area (Å²) < 4.78 is 1.61. The molecule has 1 aromatic carbocycles. The van der Waals surface area contributed by atoms with Crippen molar-refractivity contribution in [3.05, 3.63) is 69.1 Å². The third-order valence-corrected chi connectivity index (χ3v) is 6.46. The van der Waals surface area contributed by atoms with Crippen molar-refractivity contribution in [2.24, 2.45) is 0 Å². The molecule has 0 radical (unpaired) electrons. The zero-order valence-corrected chi connectivity index (χ0v) is 17.3. The van der Waals surface area contributed by atoms with Crippen molar-refractivity contribution in [2.45, 2.75) is 25.8 Å². The lowest BCUT2D eigenvalue weighted by Gasteiger charge is -2.26. The highest BCUT2D eigenvalue weighted by atomic mass is 35.5. The number of nitrogens with zero attached hydrogens (tertiary/aromatic N) is 3. The number of hydrogen-bond donors (Lipinski definition) is 1. The molecule has 1 amide bonds. The Labute approximate surface area is 173 Å². The van der Waals surface area contributed by atoms with Gasteiger partial charge >= 0.3 is 0 Å². The average Bonchev–Trinajstić information content (AvgIpc) is 3.45. The standard InChI is InChI=1S/C21H23ClN4OS/c1-15-19(20(22)26(24-15)16-8-3-2-4-9-16)21(27)23-14-17(18-10-7-13-28-18)25-11-5-6-12-25/h2-4,7-10,13,17H,5-6,11-12,14H2,1H3,(H,23,27). The van der Waals surface area contributed by atoms with Crippen LogP contribution >= 0.6 is 22.9 Å². The highest BCUT2D eigenvalue weighted by Crippen LogP contribution is 2.28. The highest BCUT2D eigenvalue weighted by Gasteiger charge is 2.26. The van der Waals surface area contributed by atoms with Gasteiger partial charge in [0.25, 0.3) is 5.91 Å². The van der Waals surface area contributed by atoms with E-state index in [-0.39, 0.29) is 11.9 Å². The molecule has 0 aliphatic carbocycles. The number of benzene rings is 1. The van der Waals surface area contributed by atoms with Crippen LogP contribution in [0.25, 0.3) is 5.69 Å². The highest BCUT2D eigenvalue weighted by molar-refractivity contribution is 7.10. The van der Waals surface area contributed by atoms with Gasteiger partial charge in [0.05, 0.1) is 23.0 Å². The van der Waals surface area contributed by atoms with Crippen LogP contribution in [-0.2, 0) is 0 Å². The summed E-state index contributed by atoms with van der Waals surface area (Å²) in [5, 5.41) is 10.0. The first kappa shape index (κ1) is 19.2. The van der Waals surface area contributed by atoms with Crippen molar-refractivity contribution < 1.29 is 4.79 Å². The molecule has 2 aromatic heterocycles. The molecule has 0 bridgehead atoms. The molecule has 1 saturated heterocycles. The predicted molar refractivity (Wildman–Crippen MR) is 114 cm³/mol. The molecular weight excluding hydrogens is 392 g/mol. The summed E-state index contributed by atoms with van der Waals surface area (Å²) in [6.07, 6.45) is 2.43. The second-order valence-electron chi connectivity index (χ2n) is 6.98. The van der Waals surface area contributed by atoms with E-state index in [1.165, 1.54) is 17.7 Å². The fourth-order valence-corrected chi connectivity index (χ4v) is 4.94. The lowest BCUT2D eigenvalue weighted by atomic mass is 10.2. The van der Waals surface area contributed by atoms with E-state index in [0.29, 0.717) is 23.0 Å². The Morgan fingerprint density at radius 1 is 1.21 bits per heavy atom. The van der Waals surface area contributed by atoms with Crippen LogP contribution in [-0.4, -0.2) is 40.2 Å². The summed E-state index contributed by atoms with van der Waals surface area (Å²) in [4.78, 5) is 16.7. The first-order valence-electron chi connectivity index (χ1n) is 9.51. The number of hydrogen-bond acceptors (Lipinski definition) is 4. The van der Waals surface area contributed by atoms with Gasteiger partial charge in [-0.15, -0.1) is 11.3 Å². The second kappa shape index (κ2) is 8.47. The van der Waals surface area contributed by atoms with Crippen LogP contribution in [0, 0.1) is 6.92 Å². The fourth-order valence-electron chi connectivity index (χ4n) is 3.72. The van der Waals surface area contributed by atoms with Crippen molar-refractivity contribution in [1.82, 2.24) is 20.0 Å². The van der Waals surface area contributed by atoms with Crippen LogP contribution in [0.5, 0.6) is 0 Å². The molecule has 7 heteroatoms. The number of carbonyl (C=O) groups excluding carboxylic acids is 1. The number of amides is 1. The number of likely N-dealkylation sites (tertiary alicyclic amines) is 1. The monoisotopic (exact) mass is 414 g/mol. The summed E-state index contributed by atoms with van der Waals surface area (Å²) >= 11 is 8.27. The normalized spacial score (nSPS) is 15.6. The minimum atomic E-state index is -0.176. The molecule has 3 heterocycles. The van der Waals surface area contributed by atoms with Crippen LogP contribution in [0.1, 0.15) is 39.8 Å². The molecular formula is C21H23ClN4OS. The second-order valence-corrected chi connectivity index (χ2v) is 8.32. The number of para-hydroxylation sites is 1. The van der Waals surface area contributed by atoms with E-state index in [9.17, 15) is 4.79 Å². The van der Waals surface area contributed by atoms with Gasteiger partial charge in [-0.2, -0.15) is 5.10 Å². The quantitative estimate of drug-likeness (QED) is 0.647. The minimum absolute atomic E-state index is 0.176. The first-order chi connectivity index (χ1) is 13.6. The molecule has 1 N–H and O–H groups in total. The molecule has 5 nitrogen and oxygen atoms in total. The zero-order chi connectivity index (χ0) is 19.5. The summed E-state index contributed by atoms with van der Waals surface area (Å²) in [6.45, 7) is 4.53. The van der Waals surface area contributed by atoms with Crippen molar-refractivity contribution in [2.75, 3.05) is 19.6 Å². The van der Waals surface area contributed by atoms with Crippen molar-refractivity contribution in [3.8, 4) is 5.69 Å². The number of aromatic nitrogens is 2. The van der Waals surface area contributed by atoms with Gasteiger partial charge in [0, 0.05) is 11.4 Å². The zero-order valence-electron chi connectivity index (χ0n) is 15.8. The van der Waals surface area contributed by atoms with E-state index < -0.39 is 0 Å². The molecule has 1 fully saturated rings.